The van der Waals surface area contributed by atoms with Crippen LogP contribution in [0.3, 0.4) is 0 Å². The highest BCUT2D eigenvalue weighted by molar-refractivity contribution is 7.99. The van der Waals surface area contributed by atoms with E-state index in [1.807, 2.05) is 6.07 Å². The van der Waals surface area contributed by atoms with Crippen LogP contribution in [0.4, 0.5) is 5.69 Å². The molecular weight excluding hydrogens is 420 g/mol. The fourth-order valence-electron chi connectivity index (χ4n) is 3.70. The molecule has 0 amide bonds. The van der Waals surface area contributed by atoms with Gasteiger partial charge in [0, 0.05) is 22.0 Å². The van der Waals surface area contributed by atoms with Gasteiger partial charge in [0.2, 0.25) is 10.0 Å². The van der Waals surface area contributed by atoms with Crippen LogP contribution in [0.5, 0.6) is 0 Å². The maximum Gasteiger partial charge on any atom is 0.339 e. The Bertz CT molecular complexity index is 986. The molecular formula is C22H28N2O4S2. The molecule has 1 saturated carbocycles. The number of sulfonamides is 1. The third kappa shape index (κ3) is 5.77. The molecule has 1 fully saturated rings. The summed E-state index contributed by atoms with van der Waals surface area (Å²) in [5, 5.41) is 0. The zero-order valence-electron chi connectivity index (χ0n) is 17.1. The van der Waals surface area contributed by atoms with Crippen LogP contribution in [-0.2, 0) is 14.8 Å². The normalized spacial score (nSPS) is 15.1. The Morgan fingerprint density at radius 2 is 1.87 bits per heavy atom. The minimum Gasteiger partial charge on any atom is -0.465 e. The van der Waals surface area contributed by atoms with Gasteiger partial charge in [0.15, 0.2) is 0 Å². The van der Waals surface area contributed by atoms with Crippen molar-refractivity contribution in [1.29, 1.82) is 0 Å². The summed E-state index contributed by atoms with van der Waals surface area (Å²) in [6, 6.07) is 11.7. The number of benzene rings is 2. The molecule has 3 N–H and O–H groups in total. The van der Waals surface area contributed by atoms with Gasteiger partial charge in [-0.15, -0.1) is 0 Å². The van der Waals surface area contributed by atoms with Gasteiger partial charge in [-0.3, -0.25) is 0 Å². The number of ether oxygens (including phenoxy) is 1. The quantitative estimate of drug-likeness (QED) is 0.457. The first-order valence-electron chi connectivity index (χ1n) is 10.1. The fraction of sp³-hybridized carbons (Fsp3) is 0.409. The minimum atomic E-state index is -3.61. The number of hydrogen-bond donors (Lipinski definition) is 2. The summed E-state index contributed by atoms with van der Waals surface area (Å²) in [5.41, 5.74) is 6.92. The van der Waals surface area contributed by atoms with Gasteiger partial charge in [-0.2, -0.15) is 0 Å². The first kappa shape index (κ1) is 22.7. The Balaban J connectivity index is 1.68. The highest BCUT2D eigenvalue weighted by Crippen LogP contribution is 2.35. The van der Waals surface area contributed by atoms with E-state index >= 15 is 0 Å². The Labute approximate surface area is 182 Å². The summed E-state index contributed by atoms with van der Waals surface area (Å²) < 4.78 is 32.8. The van der Waals surface area contributed by atoms with Crippen molar-refractivity contribution in [2.24, 2.45) is 5.92 Å². The number of methoxy groups -OCH3 is 1. The number of carbonyl (C=O) groups excluding carboxylic acids is 1. The molecule has 0 unspecified atom stereocenters. The molecule has 0 bridgehead atoms. The van der Waals surface area contributed by atoms with Crippen LogP contribution in [0.2, 0.25) is 0 Å². The molecule has 0 heterocycles. The van der Waals surface area contributed by atoms with Crippen LogP contribution in [0.15, 0.2) is 57.2 Å². The molecule has 0 saturated heterocycles. The zero-order chi connectivity index (χ0) is 21.6. The molecule has 1 aliphatic carbocycles. The molecule has 6 nitrogen and oxygen atoms in total. The SMILES string of the molecule is COC(=O)c1ccccc1Sc1ccc(S(=O)(=O)NCCC2CCCCC2)cc1N. The lowest BCUT2D eigenvalue weighted by molar-refractivity contribution is 0.0597. The van der Waals surface area contributed by atoms with E-state index in [1.165, 1.54) is 57.0 Å². The van der Waals surface area contributed by atoms with E-state index < -0.39 is 16.0 Å². The number of esters is 1. The smallest absolute Gasteiger partial charge is 0.339 e. The monoisotopic (exact) mass is 448 g/mol. The summed E-state index contributed by atoms with van der Waals surface area (Å²) in [7, 11) is -2.28. The van der Waals surface area contributed by atoms with Gasteiger partial charge in [-0.25, -0.2) is 17.9 Å². The largest absolute Gasteiger partial charge is 0.465 e. The molecule has 2 aromatic carbocycles. The number of hydrogen-bond acceptors (Lipinski definition) is 6. The summed E-state index contributed by atoms with van der Waals surface area (Å²) in [4.78, 5) is 13.5. The Morgan fingerprint density at radius 3 is 2.57 bits per heavy atom. The topological polar surface area (TPSA) is 98.5 Å². The third-order valence-corrected chi connectivity index (χ3v) is 8.00. The molecule has 8 heteroatoms. The van der Waals surface area contributed by atoms with E-state index in [1.54, 1.807) is 30.3 Å². The maximum atomic E-state index is 12.6. The van der Waals surface area contributed by atoms with Crippen molar-refractivity contribution in [3.8, 4) is 0 Å². The molecule has 30 heavy (non-hydrogen) atoms. The number of carbonyl (C=O) groups is 1. The van der Waals surface area contributed by atoms with E-state index in [9.17, 15) is 13.2 Å². The fourth-order valence-corrected chi connectivity index (χ4v) is 5.74. The molecule has 2 aromatic rings. The molecule has 0 atom stereocenters. The van der Waals surface area contributed by atoms with Crippen LogP contribution < -0.4 is 10.5 Å². The molecule has 162 valence electrons. The number of nitrogen functional groups attached to an aromatic ring is 1. The minimum absolute atomic E-state index is 0.147. The van der Waals surface area contributed by atoms with Crippen molar-refractivity contribution in [2.75, 3.05) is 19.4 Å². The number of nitrogens with one attached hydrogen (secondary N) is 1. The standard InChI is InChI=1S/C22H28N2O4S2/c1-28-22(25)18-9-5-6-10-20(18)29-21-12-11-17(15-19(21)23)30(26,27)24-14-13-16-7-3-2-4-8-16/h5-6,9-12,15-16,24H,2-4,7-8,13-14,23H2,1H3. The summed E-state index contributed by atoms with van der Waals surface area (Å²) >= 11 is 1.30. The average Bonchev–Trinajstić information content (AvgIpc) is 2.75. The Hall–Kier alpha value is -2.03. The van der Waals surface area contributed by atoms with Crippen molar-refractivity contribution in [3.05, 3.63) is 48.0 Å². The molecule has 0 aromatic heterocycles. The summed E-state index contributed by atoms with van der Waals surface area (Å²) in [6.07, 6.45) is 7.02. The van der Waals surface area contributed by atoms with E-state index in [2.05, 4.69) is 4.72 Å². The number of rotatable bonds is 8. The van der Waals surface area contributed by atoms with Gasteiger partial charge >= 0.3 is 5.97 Å². The second-order valence-corrected chi connectivity index (χ2v) is 10.3. The summed E-state index contributed by atoms with van der Waals surface area (Å²) in [5.74, 6) is 0.179. The molecule has 0 spiro atoms. The van der Waals surface area contributed by atoms with Gasteiger partial charge in [0.05, 0.1) is 17.6 Å². The summed E-state index contributed by atoms with van der Waals surface area (Å²) in [6.45, 7) is 0.440. The Morgan fingerprint density at radius 1 is 1.13 bits per heavy atom. The van der Waals surface area contributed by atoms with Gasteiger partial charge in [-0.05, 0) is 42.7 Å². The molecule has 0 aliphatic heterocycles. The molecule has 1 aliphatic rings. The van der Waals surface area contributed by atoms with Crippen LogP contribution in [0.25, 0.3) is 0 Å². The molecule has 3 rings (SSSR count). The first-order valence-corrected chi connectivity index (χ1v) is 12.4. The van der Waals surface area contributed by atoms with E-state index in [0.717, 1.165) is 6.42 Å². The predicted octanol–water partition coefficient (Wildman–Crippen LogP) is 4.46. The van der Waals surface area contributed by atoms with Crippen molar-refractivity contribution < 1.29 is 17.9 Å². The Kier molecular flexibility index (Phi) is 7.80. The van der Waals surface area contributed by atoms with Gasteiger partial charge in [0.1, 0.15) is 0 Å². The van der Waals surface area contributed by atoms with Crippen molar-refractivity contribution in [2.45, 2.75) is 53.2 Å². The van der Waals surface area contributed by atoms with Crippen LogP contribution in [-0.4, -0.2) is 28.0 Å². The lowest BCUT2D eigenvalue weighted by atomic mass is 9.87. The maximum absolute atomic E-state index is 12.6. The van der Waals surface area contributed by atoms with Crippen molar-refractivity contribution in [3.63, 3.8) is 0 Å². The highest BCUT2D eigenvalue weighted by atomic mass is 32.2. The number of nitrogens with two attached hydrogens (primary N) is 1. The zero-order valence-corrected chi connectivity index (χ0v) is 18.7. The first-order chi connectivity index (χ1) is 14.4. The van der Waals surface area contributed by atoms with Crippen LogP contribution in [0, 0.1) is 5.92 Å². The van der Waals surface area contributed by atoms with Crippen molar-refractivity contribution in [1.82, 2.24) is 4.72 Å². The lowest BCUT2D eigenvalue weighted by Crippen LogP contribution is -2.26. The third-order valence-electron chi connectivity index (χ3n) is 5.37. The average molecular weight is 449 g/mol. The van der Waals surface area contributed by atoms with Gasteiger partial charge < -0.3 is 10.5 Å². The van der Waals surface area contributed by atoms with Gasteiger partial charge in [0.25, 0.3) is 0 Å². The lowest BCUT2D eigenvalue weighted by Gasteiger charge is -2.21. The van der Waals surface area contributed by atoms with Crippen LogP contribution in [0.1, 0.15) is 48.9 Å². The van der Waals surface area contributed by atoms with E-state index in [-0.39, 0.29) is 4.90 Å². The van der Waals surface area contributed by atoms with E-state index in [4.69, 9.17) is 10.5 Å². The number of anilines is 1. The predicted molar refractivity (Wildman–Crippen MR) is 119 cm³/mol. The second-order valence-electron chi connectivity index (χ2n) is 7.48. The van der Waals surface area contributed by atoms with E-state index in [0.29, 0.717) is 33.5 Å². The van der Waals surface area contributed by atoms with Gasteiger partial charge in [-0.1, -0.05) is 56.0 Å². The van der Waals surface area contributed by atoms with Crippen LogP contribution >= 0.6 is 11.8 Å². The highest BCUT2D eigenvalue weighted by Gasteiger charge is 2.19. The van der Waals surface area contributed by atoms with Crippen molar-refractivity contribution >= 4 is 33.4 Å². The second kappa shape index (κ2) is 10.3. The molecule has 0 radical (unpaired) electrons.